The maximum Gasteiger partial charge on any atom is 0.255 e. The van der Waals surface area contributed by atoms with Crippen LogP contribution in [0, 0.1) is 5.92 Å². The number of nitrogens with zero attached hydrogens (tertiary/aromatic N) is 2. The summed E-state index contributed by atoms with van der Waals surface area (Å²) in [5.41, 5.74) is 0.957. The minimum Gasteiger partial charge on any atom is -0.496 e. The zero-order valence-corrected chi connectivity index (χ0v) is 19.3. The van der Waals surface area contributed by atoms with Gasteiger partial charge in [0.2, 0.25) is 5.91 Å². The molecule has 0 saturated carbocycles. The van der Waals surface area contributed by atoms with E-state index in [0.29, 0.717) is 17.0 Å². The number of hydrogen-bond donors (Lipinski definition) is 2. The Labute approximate surface area is 189 Å². The molecule has 0 aliphatic carbocycles. The van der Waals surface area contributed by atoms with Gasteiger partial charge < -0.3 is 25.0 Å². The van der Waals surface area contributed by atoms with Gasteiger partial charge in [0.15, 0.2) is 0 Å². The molecule has 3 unspecified atom stereocenters. The highest BCUT2D eigenvalue weighted by atomic mass is 16.5. The highest BCUT2D eigenvalue weighted by molar-refractivity contribution is 6.02. The minimum absolute atomic E-state index is 0.114. The first-order valence-electron chi connectivity index (χ1n) is 10.9. The van der Waals surface area contributed by atoms with E-state index in [1.807, 2.05) is 39.8 Å². The lowest BCUT2D eigenvalue weighted by Gasteiger charge is -2.36. The summed E-state index contributed by atoms with van der Waals surface area (Å²) in [5, 5.41) is 5.69. The number of para-hydroxylation sites is 1. The van der Waals surface area contributed by atoms with Gasteiger partial charge in [0.25, 0.3) is 5.91 Å². The van der Waals surface area contributed by atoms with Gasteiger partial charge in [-0.2, -0.15) is 0 Å². The second-order valence-electron chi connectivity index (χ2n) is 8.45. The van der Waals surface area contributed by atoms with E-state index in [-0.39, 0.29) is 29.9 Å². The Kier molecular flexibility index (Phi) is 7.69. The molecule has 0 spiro atoms. The zero-order chi connectivity index (χ0) is 23.3. The Balaban J connectivity index is 1.66. The van der Waals surface area contributed by atoms with Gasteiger partial charge in [-0.05, 0) is 44.0 Å². The van der Waals surface area contributed by atoms with Gasteiger partial charge in [0.1, 0.15) is 17.6 Å². The molecule has 1 fully saturated rings. The van der Waals surface area contributed by atoms with Crippen LogP contribution in [0.25, 0.3) is 0 Å². The fourth-order valence-electron chi connectivity index (χ4n) is 3.82. The number of aromatic nitrogens is 1. The van der Waals surface area contributed by atoms with E-state index in [1.165, 1.54) is 7.11 Å². The molecule has 172 valence electrons. The van der Waals surface area contributed by atoms with Crippen LogP contribution >= 0.6 is 0 Å². The van der Waals surface area contributed by atoms with Crippen LogP contribution in [-0.4, -0.2) is 55.2 Å². The number of ether oxygens (including phenoxy) is 2. The summed E-state index contributed by atoms with van der Waals surface area (Å²) in [6.07, 6.45) is 1.91. The van der Waals surface area contributed by atoms with Crippen molar-refractivity contribution in [1.29, 1.82) is 0 Å². The van der Waals surface area contributed by atoms with E-state index in [4.69, 9.17) is 9.47 Å². The second-order valence-corrected chi connectivity index (χ2v) is 8.45. The number of amides is 2. The summed E-state index contributed by atoms with van der Waals surface area (Å²) in [7, 11) is 1.51. The van der Waals surface area contributed by atoms with Crippen molar-refractivity contribution in [2.75, 3.05) is 30.4 Å². The number of methoxy groups -OCH3 is 1. The lowest BCUT2D eigenvalue weighted by atomic mass is 10.0. The summed E-state index contributed by atoms with van der Waals surface area (Å²) in [5.74, 6) is 0.526. The Morgan fingerprint density at radius 3 is 2.41 bits per heavy atom. The molecule has 1 saturated heterocycles. The summed E-state index contributed by atoms with van der Waals surface area (Å²) < 4.78 is 11.0. The summed E-state index contributed by atoms with van der Waals surface area (Å²) in [4.78, 5) is 32.4. The maximum atomic E-state index is 12.9. The van der Waals surface area contributed by atoms with Crippen molar-refractivity contribution in [2.45, 2.75) is 45.9 Å². The van der Waals surface area contributed by atoms with Crippen molar-refractivity contribution in [1.82, 2.24) is 10.3 Å². The van der Waals surface area contributed by atoms with Gasteiger partial charge >= 0.3 is 0 Å². The average Bonchev–Trinajstić information content (AvgIpc) is 2.76. The Morgan fingerprint density at radius 2 is 1.81 bits per heavy atom. The molecule has 2 heterocycles. The first-order chi connectivity index (χ1) is 15.3. The van der Waals surface area contributed by atoms with Crippen molar-refractivity contribution in [3.05, 3.63) is 48.2 Å². The van der Waals surface area contributed by atoms with Gasteiger partial charge in [0.05, 0.1) is 36.8 Å². The number of rotatable bonds is 7. The quantitative estimate of drug-likeness (QED) is 0.687. The molecule has 2 aromatic rings. The van der Waals surface area contributed by atoms with Crippen LogP contribution in [0.4, 0.5) is 11.5 Å². The Morgan fingerprint density at radius 1 is 1.12 bits per heavy atom. The Bertz CT molecular complexity index is 922. The van der Waals surface area contributed by atoms with E-state index in [1.54, 1.807) is 30.5 Å². The average molecular weight is 441 g/mol. The fraction of sp³-hybridized carbons (Fsp3) is 0.458. The third kappa shape index (κ3) is 5.76. The van der Waals surface area contributed by atoms with Gasteiger partial charge in [-0.25, -0.2) is 4.98 Å². The van der Waals surface area contributed by atoms with E-state index < -0.39 is 6.04 Å². The van der Waals surface area contributed by atoms with Crippen LogP contribution in [0.3, 0.4) is 0 Å². The largest absolute Gasteiger partial charge is 0.496 e. The first kappa shape index (κ1) is 23.5. The van der Waals surface area contributed by atoms with Gasteiger partial charge in [0, 0.05) is 13.1 Å². The number of anilines is 2. The first-order valence-corrected chi connectivity index (χ1v) is 10.9. The van der Waals surface area contributed by atoms with Crippen molar-refractivity contribution in [2.24, 2.45) is 5.92 Å². The number of benzene rings is 1. The number of morpholine rings is 1. The van der Waals surface area contributed by atoms with Crippen molar-refractivity contribution in [3.63, 3.8) is 0 Å². The number of pyridine rings is 1. The smallest absolute Gasteiger partial charge is 0.255 e. The highest BCUT2D eigenvalue weighted by Crippen LogP contribution is 2.21. The van der Waals surface area contributed by atoms with E-state index >= 15 is 0 Å². The predicted octanol–water partition coefficient (Wildman–Crippen LogP) is 3.10. The molecule has 0 bridgehead atoms. The van der Waals surface area contributed by atoms with E-state index in [0.717, 1.165) is 18.9 Å². The molecule has 0 radical (unpaired) electrons. The molecule has 1 aromatic carbocycles. The van der Waals surface area contributed by atoms with Crippen LogP contribution in [0.15, 0.2) is 42.6 Å². The standard InChI is InChI=1S/C24H32N4O4/c1-15(2)22(27-23(29)19-8-6-7-9-20(19)31-5)24(30)26-18-10-11-21(25-12-18)28-13-16(3)32-17(4)14-28/h6-12,15-17,22H,13-14H2,1-5H3,(H,26,30)(H,27,29). The molecular formula is C24H32N4O4. The third-order valence-electron chi connectivity index (χ3n) is 5.35. The molecule has 2 N–H and O–H groups in total. The number of hydrogen-bond acceptors (Lipinski definition) is 6. The molecule has 1 aromatic heterocycles. The molecule has 3 atom stereocenters. The topological polar surface area (TPSA) is 92.8 Å². The van der Waals surface area contributed by atoms with Crippen LogP contribution in [0.1, 0.15) is 38.1 Å². The molecule has 1 aliphatic rings. The second kappa shape index (κ2) is 10.5. The van der Waals surface area contributed by atoms with Crippen LogP contribution in [-0.2, 0) is 9.53 Å². The molecule has 8 heteroatoms. The molecule has 32 heavy (non-hydrogen) atoms. The molecule has 2 amide bonds. The zero-order valence-electron chi connectivity index (χ0n) is 19.3. The van der Waals surface area contributed by atoms with Crippen molar-refractivity contribution >= 4 is 23.3 Å². The predicted molar refractivity (Wildman–Crippen MR) is 124 cm³/mol. The maximum absolute atomic E-state index is 12.9. The third-order valence-corrected chi connectivity index (χ3v) is 5.35. The SMILES string of the molecule is COc1ccccc1C(=O)NC(C(=O)Nc1ccc(N2CC(C)OC(C)C2)nc1)C(C)C. The molecule has 3 rings (SSSR count). The molecule has 1 aliphatic heterocycles. The summed E-state index contributed by atoms with van der Waals surface area (Å²) in [6, 6.07) is 9.92. The summed E-state index contributed by atoms with van der Waals surface area (Å²) >= 11 is 0. The lowest BCUT2D eigenvalue weighted by Crippen LogP contribution is -2.47. The van der Waals surface area contributed by atoms with Crippen LogP contribution < -0.4 is 20.3 Å². The number of carbonyl (C=O) groups is 2. The highest BCUT2D eigenvalue weighted by Gasteiger charge is 2.26. The monoisotopic (exact) mass is 440 g/mol. The van der Waals surface area contributed by atoms with Gasteiger partial charge in [-0.15, -0.1) is 0 Å². The molecule has 8 nitrogen and oxygen atoms in total. The van der Waals surface area contributed by atoms with E-state index in [9.17, 15) is 9.59 Å². The molecular weight excluding hydrogens is 408 g/mol. The van der Waals surface area contributed by atoms with Crippen LogP contribution in [0.5, 0.6) is 5.75 Å². The number of carbonyl (C=O) groups excluding carboxylic acids is 2. The fourth-order valence-corrected chi connectivity index (χ4v) is 3.82. The van der Waals surface area contributed by atoms with Gasteiger partial charge in [-0.3, -0.25) is 9.59 Å². The number of nitrogens with one attached hydrogen (secondary N) is 2. The Hall–Kier alpha value is -3.13. The lowest BCUT2D eigenvalue weighted by molar-refractivity contribution is -0.118. The van der Waals surface area contributed by atoms with Crippen molar-refractivity contribution in [3.8, 4) is 5.75 Å². The van der Waals surface area contributed by atoms with Gasteiger partial charge in [-0.1, -0.05) is 26.0 Å². The normalized spacial score (nSPS) is 19.4. The minimum atomic E-state index is -0.715. The van der Waals surface area contributed by atoms with Crippen LogP contribution in [0.2, 0.25) is 0 Å². The summed E-state index contributed by atoms with van der Waals surface area (Å²) in [6.45, 7) is 9.40. The van der Waals surface area contributed by atoms with E-state index in [2.05, 4.69) is 20.5 Å². The van der Waals surface area contributed by atoms with Crippen molar-refractivity contribution < 1.29 is 19.1 Å².